The molecule has 0 heterocycles. The fourth-order valence-electron chi connectivity index (χ4n) is 0.709. The predicted molar refractivity (Wildman–Crippen MR) is 61.6 cm³/mol. The standard InChI is InChI=1S/C6H12O3.C5H10O3/c1-3-8-5-6(7)9-4-2;1-3-8-5(6)4-7-2/h3-5H2,1-2H3;3-4H2,1-2H3. The van der Waals surface area contributed by atoms with Gasteiger partial charge in [-0.2, -0.15) is 0 Å². The summed E-state index contributed by atoms with van der Waals surface area (Å²) in [6, 6.07) is 0. The summed E-state index contributed by atoms with van der Waals surface area (Å²) < 4.78 is 18.4. The molecular formula is C11H22O6. The summed E-state index contributed by atoms with van der Waals surface area (Å²) in [6.07, 6.45) is 0. The first-order chi connectivity index (χ1) is 8.12. The average molecular weight is 250 g/mol. The first-order valence-corrected chi connectivity index (χ1v) is 5.50. The van der Waals surface area contributed by atoms with Gasteiger partial charge in [0.25, 0.3) is 0 Å². The first-order valence-electron chi connectivity index (χ1n) is 5.50. The molecule has 0 saturated heterocycles. The van der Waals surface area contributed by atoms with Crippen LogP contribution in [0.15, 0.2) is 0 Å². The van der Waals surface area contributed by atoms with Crippen molar-refractivity contribution < 1.29 is 28.5 Å². The highest BCUT2D eigenvalue weighted by Crippen LogP contribution is 1.79. The van der Waals surface area contributed by atoms with Crippen molar-refractivity contribution in [1.82, 2.24) is 0 Å². The van der Waals surface area contributed by atoms with Gasteiger partial charge in [0.2, 0.25) is 0 Å². The zero-order valence-electron chi connectivity index (χ0n) is 11.0. The molecule has 17 heavy (non-hydrogen) atoms. The fraction of sp³-hybridized carbons (Fsp3) is 0.818. The number of esters is 2. The summed E-state index contributed by atoms with van der Waals surface area (Å²) in [5, 5.41) is 0. The Morgan fingerprint density at radius 1 is 0.824 bits per heavy atom. The Kier molecular flexibility index (Phi) is 15.9. The summed E-state index contributed by atoms with van der Waals surface area (Å²) in [6.45, 7) is 6.88. The summed E-state index contributed by atoms with van der Waals surface area (Å²) in [5.41, 5.74) is 0. The minimum Gasteiger partial charge on any atom is -0.464 e. The number of hydrogen-bond acceptors (Lipinski definition) is 6. The van der Waals surface area contributed by atoms with Gasteiger partial charge in [0.1, 0.15) is 13.2 Å². The molecule has 0 aromatic carbocycles. The van der Waals surface area contributed by atoms with Gasteiger partial charge < -0.3 is 18.9 Å². The van der Waals surface area contributed by atoms with Gasteiger partial charge in [0, 0.05) is 13.7 Å². The third kappa shape index (κ3) is 17.5. The Balaban J connectivity index is 0. The quantitative estimate of drug-likeness (QED) is 0.622. The van der Waals surface area contributed by atoms with E-state index in [1.54, 1.807) is 13.8 Å². The van der Waals surface area contributed by atoms with Crippen LogP contribution >= 0.6 is 0 Å². The Morgan fingerprint density at radius 3 is 1.65 bits per heavy atom. The molecular weight excluding hydrogens is 228 g/mol. The van der Waals surface area contributed by atoms with Crippen LogP contribution in [-0.4, -0.2) is 52.1 Å². The fourth-order valence-corrected chi connectivity index (χ4v) is 0.709. The number of methoxy groups -OCH3 is 1. The lowest BCUT2D eigenvalue weighted by Gasteiger charge is -1.99. The van der Waals surface area contributed by atoms with Crippen molar-refractivity contribution in [3.05, 3.63) is 0 Å². The molecule has 0 saturated carbocycles. The van der Waals surface area contributed by atoms with Crippen LogP contribution in [0.3, 0.4) is 0 Å². The Labute approximate surface area is 102 Å². The van der Waals surface area contributed by atoms with Gasteiger partial charge in [-0.1, -0.05) is 0 Å². The lowest BCUT2D eigenvalue weighted by Crippen LogP contribution is -2.11. The normalized spacial score (nSPS) is 8.94. The van der Waals surface area contributed by atoms with Gasteiger partial charge >= 0.3 is 11.9 Å². The molecule has 0 fully saturated rings. The number of carbonyl (C=O) groups excluding carboxylic acids is 2. The maximum atomic E-state index is 10.5. The molecule has 0 unspecified atom stereocenters. The topological polar surface area (TPSA) is 71.1 Å². The Morgan fingerprint density at radius 2 is 1.29 bits per heavy atom. The molecule has 0 amide bonds. The maximum Gasteiger partial charge on any atom is 0.332 e. The van der Waals surface area contributed by atoms with Gasteiger partial charge in [-0.05, 0) is 20.8 Å². The van der Waals surface area contributed by atoms with Gasteiger partial charge in [-0.15, -0.1) is 0 Å². The highest BCUT2D eigenvalue weighted by molar-refractivity contribution is 5.70. The molecule has 0 radical (unpaired) electrons. The molecule has 0 aliphatic rings. The van der Waals surface area contributed by atoms with Crippen molar-refractivity contribution in [2.24, 2.45) is 0 Å². The molecule has 102 valence electrons. The van der Waals surface area contributed by atoms with Crippen LogP contribution in [0, 0.1) is 0 Å². The largest absolute Gasteiger partial charge is 0.464 e. The summed E-state index contributed by atoms with van der Waals surface area (Å²) in [4.78, 5) is 20.8. The lowest BCUT2D eigenvalue weighted by molar-refractivity contribution is -0.148. The van der Waals surface area contributed by atoms with Crippen LogP contribution in [-0.2, 0) is 28.5 Å². The Bertz CT molecular complexity index is 184. The first kappa shape index (κ1) is 18.2. The van der Waals surface area contributed by atoms with Crippen molar-refractivity contribution in [1.29, 1.82) is 0 Å². The molecule has 6 nitrogen and oxygen atoms in total. The van der Waals surface area contributed by atoms with E-state index in [4.69, 9.17) is 4.74 Å². The molecule has 0 aromatic heterocycles. The van der Waals surface area contributed by atoms with Crippen LogP contribution in [0.1, 0.15) is 20.8 Å². The molecule has 0 atom stereocenters. The third-order valence-electron chi connectivity index (χ3n) is 1.30. The highest BCUT2D eigenvalue weighted by atomic mass is 16.6. The number of rotatable bonds is 7. The summed E-state index contributed by atoms with van der Waals surface area (Å²) in [7, 11) is 1.46. The van der Waals surface area contributed by atoms with Crippen molar-refractivity contribution in [3.8, 4) is 0 Å². The highest BCUT2D eigenvalue weighted by Gasteiger charge is 1.97. The molecule has 0 aromatic rings. The van der Waals surface area contributed by atoms with Crippen molar-refractivity contribution in [2.75, 3.05) is 40.1 Å². The van der Waals surface area contributed by atoms with E-state index in [1.165, 1.54) is 7.11 Å². The minimum absolute atomic E-state index is 0.0494. The smallest absolute Gasteiger partial charge is 0.332 e. The van der Waals surface area contributed by atoms with Crippen molar-refractivity contribution in [3.63, 3.8) is 0 Å². The minimum atomic E-state index is -0.310. The maximum absolute atomic E-state index is 10.5. The summed E-state index contributed by atoms with van der Waals surface area (Å²) in [5.74, 6) is -0.602. The van der Waals surface area contributed by atoms with E-state index in [9.17, 15) is 9.59 Å². The molecule has 0 aliphatic carbocycles. The van der Waals surface area contributed by atoms with E-state index in [0.29, 0.717) is 19.8 Å². The molecule has 0 N–H and O–H groups in total. The van der Waals surface area contributed by atoms with Crippen LogP contribution < -0.4 is 0 Å². The van der Waals surface area contributed by atoms with Crippen LogP contribution in [0.2, 0.25) is 0 Å². The SMILES string of the molecule is CCOC(=O)COC.CCOCC(=O)OCC. The van der Waals surface area contributed by atoms with Gasteiger partial charge in [-0.25, -0.2) is 9.59 Å². The van der Waals surface area contributed by atoms with Gasteiger partial charge in [0.05, 0.1) is 13.2 Å². The third-order valence-corrected chi connectivity index (χ3v) is 1.30. The van der Waals surface area contributed by atoms with Crippen LogP contribution in [0.4, 0.5) is 0 Å². The van der Waals surface area contributed by atoms with Crippen LogP contribution in [0.5, 0.6) is 0 Å². The average Bonchev–Trinajstić information content (AvgIpc) is 2.28. The molecule has 0 rings (SSSR count). The molecule has 0 bridgehead atoms. The van der Waals surface area contributed by atoms with Crippen molar-refractivity contribution >= 4 is 11.9 Å². The van der Waals surface area contributed by atoms with E-state index in [0.717, 1.165) is 0 Å². The second kappa shape index (κ2) is 14.9. The van der Waals surface area contributed by atoms with Gasteiger partial charge in [0.15, 0.2) is 0 Å². The predicted octanol–water partition coefficient (Wildman–Crippen LogP) is 0.782. The Hall–Kier alpha value is -1.14. The summed E-state index contributed by atoms with van der Waals surface area (Å²) >= 11 is 0. The second-order valence-electron chi connectivity index (χ2n) is 2.68. The van der Waals surface area contributed by atoms with Crippen LogP contribution in [0.25, 0.3) is 0 Å². The number of ether oxygens (including phenoxy) is 4. The van der Waals surface area contributed by atoms with Gasteiger partial charge in [-0.3, -0.25) is 0 Å². The monoisotopic (exact) mass is 250 g/mol. The van der Waals surface area contributed by atoms with E-state index < -0.39 is 0 Å². The molecule has 6 heteroatoms. The van der Waals surface area contributed by atoms with E-state index in [2.05, 4.69) is 14.2 Å². The molecule has 0 spiro atoms. The van der Waals surface area contributed by atoms with E-state index in [-0.39, 0.29) is 25.2 Å². The number of carbonyl (C=O) groups is 2. The van der Waals surface area contributed by atoms with E-state index in [1.807, 2.05) is 6.92 Å². The van der Waals surface area contributed by atoms with Crippen molar-refractivity contribution in [2.45, 2.75) is 20.8 Å². The zero-order chi connectivity index (χ0) is 13.5. The second-order valence-corrected chi connectivity index (χ2v) is 2.68. The number of hydrogen-bond donors (Lipinski definition) is 0. The van der Waals surface area contributed by atoms with E-state index >= 15 is 0 Å². The molecule has 0 aliphatic heterocycles. The lowest BCUT2D eigenvalue weighted by atomic mass is 10.7. The zero-order valence-corrected chi connectivity index (χ0v) is 11.0.